The quantitative estimate of drug-likeness (QED) is 0.688. The van der Waals surface area contributed by atoms with Crippen LogP contribution in [0, 0.1) is 0 Å². The van der Waals surface area contributed by atoms with Crippen molar-refractivity contribution in [2.75, 3.05) is 19.0 Å². The van der Waals surface area contributed by atoms with Crippen molar-refractivity contribution in [2.45, 2.75) is 25.0 Å². The number of hydrogen-bond donors (Lipinski definition) is 2. The first kappa shape index (κ1) is 20.7. The summed E-state index contributed by atoms with van der Waals surface area (Å²) < 4.78 is 10.9. The molecule has 0 aliphatic carbocycles. The molecular weight excluding hydrogens is 390 g/mol. The number of hydrogen-bond acceptors (Lipinski definition) is 6. The third kappa shape index (κ3) is 5.51. The van der Waals surface area contributed by atoms with Crippen molar-refractivity contribution >= 4 is 40.1 Å². The molecular formula is C21H23N3O4S. The Morgan fingerprint density at radius 2 is 1.90 bits per heavy atom. The van der Waals surface area contributed by atoms with E-state index in [1.54, 1.807) is 31.4 Å². The van der Waals surface area contributed by atoms with Gasteiger partial charge in [-0.2, -0.15) is 0 Å². The Kier molecular flexibility index (Phi) is 7.13. The molecule has 7 nitrogen and oxygen atoms in total. The number of anilines is 1. The lowest BCUT2D eigenvalue weighted by Crippen LogP contribution is -2.28. The average Bonchev–Trinajstić information content (AvgIpc) is 3.06. The maximum atomic E-state index is 12.5. The monoisotopic (exact) mass is 413 g/mol. The lowest BCUT2D eigenvalue weighted by molar-refractivity contribution is -0.122. The summed E-state index contributed by atoms with van der Waals surface area (Å²) in [5, 5.41) is 5.46. The Morgan fingerprint density at radius 1 is 1.17 bits per heavy atom. The van der Waals surface area contributed by atoms with Gasteiger partial charge in [0.15, 0.2) is 5.17 Å². The van der Waals surface area contributed by atoms with Gasteiger partial charge in [-0.3, -0.25) is 9.59 Å². The molecule has 2 N–H and O–H groups in total. The van der Waals surface area contributed by atoms with Crippen molar-refractivity contribution in [2.24, 2.45) is 4.99 Å². The summed E-state index contributed by atoms with van der Waals surface area (Å²) in [6.07, 6.45) is 0.902. The smallest absolute Gasteiger partial charge is 0.240 e. The van der Waals surface area contributed by atoms with Gasteiger partial charge in [0.25, 0.3) is 0 Å². The zero-order valence-corrected chi connectivity index (χ0v) is 17.1. The third-order valence-corrected chi connectivity index (χ3v) is 5.16. The number of methoxy groups -OCH3 is 1. The fourth-order valence-corrected chi connectivity index (χ4v) is 3.68. The molecule has 0 radical (unpaired) electrons. The number of carbonyl (C=O) groups excluding carboxylic acids is 2. The minimum atomic E-state index is -0.549. The van der Waals surface area contributed by atoms with E-state index < -0.39 is 5.25 Å². The number of amidine groups is 1. The van der Waals surface area contributed by atoms with E-state index in [0.29, 0.717) is 34.6 Å². The highest BCUT2D eigenvalue weighted by Crippen LogP contribution is 2.31. The van der Waals surface area contributed by atoms with E-state index >= 15 is 0 Å². The molecule has 0 aromatic heterocycles. The fraction of sp³-hybridized carbons (Fsp3) is 0.286. The second kappa shape index (κ2) is 9.97. The molecule has 2 aromatic carbocycles. The van der Waals surface area contributed by atoms with Crippen molar-refractivity contribution in [1.82, 2.24) is 5.32 Å². The molecule has 1 heterocycles. The number of aliphatic imine (C=N–C) groups is 1. The molecule has 1 aliphatic rings. The summed E-state index contributed by atoms with van der Waals surface area (Å²) in [6, 6.07) is 14.5. The highest BCUT2D eigenvalue weighted by Gasteiger charge is 2.32. The van der Waals surface area contributed by atoms with Gasteiger partial charge in [-0.25, -0.2) is 4.99 Å². The Labute approximate surface area is 173 Å². The molecule has 0 saturated carbocycles. The lowest BCUT2D eigenvalue weighted by Gasteiger charge is -2.12. The van der Waals surface area contributed by atoms with Crippen LogP contribution >= 0.6 is 11.8 Å². The minimum Gasteiger partial charge on any atom is -0.494 e. The summed E-state index contributed by atoms with van der Waals surface area (Å²) in [6.45, 7) is 2.58. The molecule has 2 aromatic rings. The van der Waals surface area contributed by atoms with Crippen LogP contribution < -0.4 is 20.1 Å². The lowest BCUT2D eigenvalue weighted by atomic mass is 10.2. The summed E-state index contributed by atoms with van der Waals surface area (Å²) >= 11 is 1.23. The Balaban J connectivity index is 1.63. The summed E-state index contributed by atoms with van der Waals surface area (Å²) in [4.78, 5) is 29.2. The zero-order valence-electron chi connectivity index (χ0n) is 16.3. The maximum Gasteiger partial charge on any atom is 0.240 e. The van der Waals surface area contributed by atoms with Crippen LogP contribution in [0.1, 0.15) is 19.8 Å². The number of thioether (sulfide) groups is 1. The van der Waals surface area contributed by atoms with Crippen molar-refractivity contribution in [1.29, 1.82) is 0 Å². The first-order valence-corrected chi connectivity index (χ1v) is 10.2. The average molecular weight is 413 g/mol. The van der Waals surface area contributed by atoms with Crippen LogP contribution in [0.4, 0.5) is 11.4 Å². The van der Waals surface area contributed by atoms with E-state index in [-0.39, 0.29) is 18.2 Å². The summed E-state index contributed by atoms with van der Waals surface area (Å²) in [5.41, 5.74) is 1.21. The molecule has 0 spiro atoms. The van der Waals surface area contributed by atoms with Gasteiger partial charge in [-0.15, -0.1) is 0 Å². The van der Waals surface area contributed by atoms with Gasteiger partial charge in [0, 0.05) is 6.42 Å². The van der Waals surface area contributed by atoms with Gasteiger partial charge in [0.05, 0.1) is 19.4 Å². The highest BCUT2D eigenvalue weighted by atomic mass is 32.2. The molecule has 1 atom stereocenters. The van der Waals surface area contributed by atoms with Gasteiger partial charge < -0.3 is 20.1 Å². The molecule has 8 heteroatoms. The van der Waals surface area contributed by atoms with Crippen LogP contribution in [0.5, 0.6) is 11.5 Å². The van der Waals surface area contributed by atoms with Crippen molar-refractivity contribution in [3.8, 4) is 11.5 Å². The number of nitrogens with one attached hydrogen (secondary N) is 2. The SMILES string of the molecule is CCCOc1ccccc1NC(=O)C[C@H]1SC(=Nc2ccccc2OC)NC1=O. The predicted molar refractivity (Wildman–Crippen MR) is 115 cm³/mol. The van der Waals surface area contributed by atoms with Crippen LogP contribution in [0.15, 0.2) is 53.5 Å². The van der Waals surface area contributed by atoms with E-state index in [1.165, 1.54) is 11.8 Å². The van der Waals surface area contributed by atoms with Crippen LogP contribution in [-0.4, -0.2) is 35.9 Å². The Morgan fingerprint density at radius 3 is 2.66 bits per heavy atom. The molecule has 2 amide bonds. The summed E-state index contributed by atoms with van der Waals surface area (Å²) in [5.74, 6) is 0.724. The van der Waals surface area contributed by atoms with Crippen LogP contribution in [0.2, 0.25) is 0 Å². The van der Waals surface area contributed by atoms with E-state index in [2.05, 4.69) is 15.6 Å². The maximum absolute atomic E-state index is 12.5. The van der Waals surface area contributed by atoms with Gasteiger partial charge in [-0.05, 0) is 30.7 Å². The number of benzene rings is 2. The van der Waals surface area contributed by atoms with Crippen LogP contribution in [-0.2, 0) is 9.59 Å². The second-order valence-corrected chi connectivity index (χ2v) is 7.47. The largest absolute Gasteiger partial charge is 0.494 e. The number of amides is 2. The van der Waals surface area contributed by atoms with Crippen LogP contribution in [0.3, 0.4) is 0 Å². The Bertz CT molecular complexity index is 916. The molecule has 3 rings (SSSR count). The van der Waals surface area contributed by atoms with Crippen molar-refractivity contribution in [3.05, 3.63) is 48.5 Å². The first-order valence-electron chi connectivity index (χ1n) is 9.31. The number of ether oxygens (including phenoxy) is 2. The topological polar surface area (TPSA) is 89.0 Å². The Hall–Kier alpha value is -3.00. The zero-order chi connectivity index (χ0) is 20.6. The normalized spacial score (nSPS) is 17.1. The van der Waals surface area contributed by atoms with E-state index in [0.717, 1.165) is 6.42 Å². The number of nitrogens with zero attached hydrogens (tertiary/aromatic N) is 1. The van der Waals surface area contributed by atoms with E-state index in [1.807, 2.05) is 31.2 Å². The molecule has 0 bridgehead atoms. The minimum absolute atomic E-state index is 0.0313. The molecule has 1 aliphatic heterocycles. The number of rotatable bonds is 8. The number of carbonyl (C=O) groups is 2. The fourth-order valence-electron chi connectivity index (χ4n) is 2.70. The molecule has 1 saturated heterocycles. The van der Waals surface area contributed by atoms with Crippen molar-refractivity contribution < 1.29 is 19.1 Å². The predicted octanol–water partition coefficient (Wildman–Crippen LogP) is 3.73. The molecule has 29 heavy (non-hydrogen) atoms. The van der Waals surface area contributed by atoms with Gasteiger partial charge in [0.2, 0.25) is 11.8 Å². The van der Waals surface area contributed by atoms with Crippen molar-refractivity contribution in [3.63, 3.8) is 0 Å². The molecule has 1 fully saturated rings. The van der Waals surface area contributed by atoms with Gasteiger partial charge in [-0.1, -0.05) is 43.0 Å². The summed E-state index contributed by atoms with van der Waals surface area (Å²) in [7, 11) is 1.56. The van der Waals surface area contributed by atoms with Crippen LogP contribution in [0.25, 0.3) is 0 Å². The molecule has 152 valence electrons. The van der Waals surface area contributed by atoms with Gasteiger partial charge in [0.1, 0.15) is 22.4 Å². The van der Waals surface area contributed by atoms with E-state index in [9.17, 15) is 9.59 Å². The first-order chi connectivity index (χ1) is 14.1. The molecule has 0 unspecified atom stereocenters. The number of para-hydroxylation sites is 4. The highest BCUT2D eigenvalue weighted by molar-refractivity contribution is 8.15. The second-order valence-electron chi connectivity index (χ2n) is 6.28. The van der Waals surface area contributed by atoms with E-state index in [4.69, 9.17) is 9.47 Å². The third-order valence-electron chi connectivity index (χ3n) is 4.08. The van der Waals surface area contributed by atoms with Gasteiger partial charge >= 0.3 is 0 Å². The standard InChI is InChI=1S/C21H23N3O4S/c1-3-12-28-17-11-7-5-9-15(17)22-19(25)13-18-20(26)24-21(29-18)23-14-8-4-6-10-16(14)27-2/h4-11,18H,3,12-13H2,1-2H3,(H,22,25)(H,23,24,26)/t18-/m1/s1.